The monoisotopic (exact) mass is 348 g/mol. The lowest BCUT2D eigenvalue weighted by atomic mass is 9.95. The fraction of sp³-hybridized carbons (Fsp3) is 0.368. The number of halogens is 2. The van der Waals surface area contributed by atoms with E-state index in [2.05, 4.69) is 21.8 Å². The van der Waals surface area contributed by atoms with E-state index in [0.29, 0.717) is 18.2 Å². The van der Waals surface area contributed by atoms with Gasteiger partial charge in [0.1, 0.15) is 0 Å². The molecular formula is C19H22F2N2O2. The lowest BCUT2D eigenvalue weighted by Crippen LogP contribution is -2.28. The predicted octanol–water partition coefficient (Wildman–Crippen LogP) is 3.22. The summed E-state index contributed by atoms with van der Waals surface area (Å²) in [6, 6.07) is 15.4. The Morgan fingerprint density at radius 2 is 1.88 bits per heavy atom. The zero-order valence-corrected chi connectivity index (χ0v) is 14.1. The first-order chi connectivity index (χ1) is 12.1. The molecular weight excluding hydrogens is 326 g/mol. The Kier molecular flexibility index (Phi) is 5.50. The molecule has 1 fully saturated rings. The minimum absolute atomic E-state index is 0.0431. The number of alkyl halides is 2. The second-order valence-corrected chi connectivity index (χ2v) is 6.24. The van der Waals surface area contributed by atoms with Gasteiger partial charge in [-0.15, -0.1) is 0 Å². The van der Waals surface area contributed by atoms with Crippen LogP contribution in [0, 0.1) is 0 Å². The molecule has 1 aliphatic heterocycles. The summed E-state index contributed by atoms with van der Waals surface area (Å²) < 4.78 is 34.4. The van der Waals surface area contributed by atoms with Crippen LogP contribution in [0.25, 0.3) is 0 Å². The number of hydrogen-bond donors (Lipinski definition) is 1. The predicted molar refractivity (Wildman–Crippen MR) is 92.1 cm³/mol. The number of hydrogen-bond acceptors (Lipinski definition) is 4. The largest absolute Gasteiger partial charge is 0.493 e. The molecule has 25 heavy (non-hydrogen) atoms. The second kappa shape index (κ2) is 7.80. The molecule has 2 aromatic carbocycles. The standard InChI is InChI=1S/C19H22F2N2O2/c1-24-18-9-13(7-8-17(18)25-19(20)21)10-23-11-15(16(22)12-23)14-5-3-2-4-6-14/h2-9,15-16,19H,10-12,22H2,1H3/t15-,16+/m0/s1. The molecule has 0 spiro atoms. The molecule has 2 aromatic rings. The Balaban J connectivity index is 1.69. The molecule has 0 unspecified atom stereocenters. The maximum Gasteiger partial charge on any atom is 0.387 e. The van der Waals surface area contributed by atoms with E-state index >= 15 is 0 Å². The first-order valence-corrected chi connectivity index (χ1v) is 8.21. The smallest absolute Gasteiger partial charge is 0.387 e. The average Bonchev–Trinajstić information content (AvgIpc) is 2.97. The van der Waals surface area contributed by atoms with Crippen LogP contribution in [-0.4, -0.2) is 37.8 Å². The van der Waals surface area contributed by atoms with E-state index in [1.54, 1.807) is 12.1 Å². The second-order valence-electron chi connectivity index (χ2n) is 6.24. The molecule has 134 valence electrons. The van der Waals surface area contributed by atoms with E-state index in [0.717, 1.165) is 18.7 Å². The van der Waals surface area contributed by atoms with E-state index in [9.17, 15) is 8.78 Å². The Morgan fingerprint density at radius 1 is 1.12 bits per heavy atom. The summed E-state index contributed by atoms with van der Waals surface area (Å²) in [6.07, 6.45) is 0. The van der Waals surface area contributed by atoms with Crippen molar-refractivity contribution in [3.8, 4) is 11.5 Å². The summed E-state index contributed by atoms with van der Waals surface area (Å²) >= 11 is 0. The lowest BCUT2D eigenvalue weighted by Gasteiger charge is -2.17. The third kappa shape index (κ3) is 4.27. The fourth-order valence-electron chi connectivity index (χ4n) is 3.36. The summed E-state index contributed by atoms with van der Waals surface area (Å²) in [4.78, 5) is 2.27. The summed E-state index contributed by atoms with van der Waals surface area (Å²) in [5, 5.41) is 0. The molecule has 0 bridgehead atoms. The van der Waals surface area contributed by atoms with E-state index in [-0.39, 0.29) is 11.8 Å². The Labute approximate surface area is 146 Å². The number of nitrogens with two attached hydrogens (primary N) is 1. The van der Waals surface area contributed by atoms with Crippen LogP contribution in [0.2, 0.25) is 0 Å². The summed E-state index contributed by atoms with van der Waals surface area (Å²) in [5.74, 6) is 0.645. The fourth-order valence-corrected chi connectivity index (χ4v) is 3.36. The molecule has 0 saturated carbocycles. The van der Waals surface area contributed by atoms with Crippen molar-refractivity contribution in [3.05, 3.63) is 59.7 Å². The zero-order chi connectivity index (χ0) is 17.8. The molecule has 1 saturated heterocycles. The number of nitrogens with zero attached hydrogens (tertiary/aromatic N) is 1. The van der Waals surface area contributed by atoms with E-state index in [1.807, 2.05) is 18.2 Å². The maximum absolute atomic E-state index is 12.4. The molecule has 0 aliphatic carbocycles. The number of methoxy groups -OCH3 is 1. The van der Waals surface area contributed by atoms with Gasteiger partial charge in [-0.3, -0.25) is 4.90 Å². The average molecular weight is 348 g/mol. The molecule has 3 rings (SSSR count). The molecule has 0 amide bonds. The van der Waals surface area contributed by atoms with Crippen LogP contribution in [0.15, 0.2) is 48.5 Å². The zero-order valence-electron chi connectivity index (χ0n) is 14.1. The Morgan fingerprint density at radius 3 is 2.56 bits per heavy atom. The number of likely N-dealkylation sites (tertiary alicyclic amines) is 1. The topological polar surface area (TPSA) is 47.7 Å². The van der Waals surface area contributed by atoms with Gasteiger partial charge in [0.2, 0.25) is 0 Å². The van der Waals surface area contributed by atoms with Gasteiger partial charge in [-0.2, -0.15) is 8.78 Å². The van der Waals surface area contributed by atoms with E-state index in [4.69, 9.17) is 10.5 Å². The van der Waals surface area contributed by atoms with E-state index in [1.165, 1.54) is 18.7 Å². The van der Waals surface area contributed by atoms with Crippen LogP contribution in [0.1, 0.15) is 17.0 Å². The molecule has 6 heteroatoms. The van der Waals surface area contributed by atoms with Crippen molar-refractivity contribution < 1.29 is 18.3 Å². The highest BCUT2D eigenvalue weighted by atomic mass is 19.3. The minimum atomic E-state index is -2.87. The first kappa shape index (κ1) is 17.6. The molecule has 1 aliphatic rings. The van der Waals surface area contributed by atoms with Gasteiger partial charge in [-0.25, -0.2) is 0 Å². The molecule has 0 radical (unpaired) electrons. The molecule has 0 aromatic heterocycles. The third-order valence-corrected chi connectivity index (χ3v) is 4.52. The highest BCUT2D eigenvalue weighted by molar-refractivity contribution is 5.43. The van der Waals surface area contributed by atoms with Gasteiger partial charge in [0, 0.05) is 31.6 Å². The summed E-state index contributed by atoms with van der Waals surface area (Å²) in [6.45, 7) is -0.537. The Bertz CT molecular complexity index is 697. The van der Waals surface area contributed by atoms with Crippen molar-refractivity contribution in [2.24, 2.45) is 5.73 Å². The van der Waals surface area contributed by atoms with Crippen molar-refractivity contribution >= 4 is 0 Å². The van der Waals surface area contributed by atoms with Crippen LogP contribution >= 0.6 is 0 Å². The van der Waals surface area contributed by atoms with Gasteiger partial charge >= 0.3 is 6.61 Å². The van der Waals surface area contributed by atoms with E-state index < -0.39 is 6.61 Å². The van der Waals surface area contributed by atoms with Gasteiger partial charge in [-0.05, 0) is 23.3 Å². The molecule has 1 heterocycles. The summed E-state index contributed by atoms with van der Waals surface area (Å²) in [7, 11) is 1.44. The van der Waals surface area contributed by atoms with Gasteiger partial charge < -0.3 is 15.2 Å². The molecule has 2 atom stereocenters. The van der Waals surface area contributed by atoms with Crippen LogP contribution in [0.4, 0.5) is 8.78 Å². The SMILES string of the molecule is COc1cc(CN2C[C@@H](N)[C@H](c3ccccc3)C2)ccc1OC(F)F. The van der Waals surface area contributed by atoms with Crippen LogP contribution < -0.4 is 15.2 Å². The van der Waals surface area contributed by atoms with Crippen LogP contribution in [0.3, 0.4) is 0 Å². The third-order valence-electron chi connectivity index (χ3n) is 4.52. The quantitative estimate of drug-likeness (QED) is 0.871. The molecule has 2 N–H and O–H groups in total. The van der Waals surface area contributed by atoms with Crippen LogP contribution in [0.5, 0.6) is 11.5 Å². The summed E-state index contributed by atoms with van der Waals surface area (Å²) in [5.41, 5.74) is 8.54. The number of rotatable bonds is 6. The van der Waals surface area contributed by atoms with Crippen LogP contribution in [-0.2, 0) is 6.54 Å². The maximum atomic E-state index is 12.4. The van der Waals surface area contributed by atoms with Crippen molar-refractivity contribution in [1.29, 1.82) is 0 Å². The number of ether oxygens (including phenoxy) is 2. The lowest BCUT2D eigenvalue weighted by molar-refractivity contribution is -0.0512. The Hall–Kier alpha value is -2.18. The minimum Gasteiger partial charge on any atom is -0.493 e. The van der Waals surface area contributed by atoms with Crippen molar-refractivity contribution in [2.75, 3.05) is 20.2 Å². The van der Waals surface area contributed by atoms with Crippen molar-refractivity contribution in [3.63, 3.8) is 0 Å². The van der Waals surface area contributed by atoms with Crippen molar-refractivity contribution in [2.45, 2.75) is 25.1 Å². The highest BCUT2D eigenvalue weighted by Crippen LogP contribution is 2.32. The normalized spacial score (nSPS) is 20.8. The van der Waals surface area contributed by atoms with Crippen molar-refractivity contribution in [1.82, 2.24) is 4.90 Å². The first-order valence-electron chi connectivity index (χ1n) is 8.21. The van der Waals surface area contributed by atoms with Gasteiger partial charge in [-0.1, -0.05) is 36.4 Å². The number of benzene rings is 2. The van der Waals surface area contributed by atoms with Gasteiger partial charge in [0.15, 0.2) is 11.5 Å². The molecule has 4 nitrogen and oxygen atoms in total. The highest BCUT2D eigenvalue weighted by Gasteiger charge is 2.31. The van der Waals surface area contributed by atoms with Gasteiger partial charge in [0.25, 0.3) is 0 Å². The van der Waals surface area contributed by atoms with Gasteiger partial charge in [0.05, 0.1) is 7.11 Å².